The summed E-state index contributed by atoms with van der Waals surface area (Å²) in [5, 5.41) is 0. The number of benzene rings is 1. The van der Waals surface area contributed by atoms with Gasteiger partial charge < -0.3 is 5.73 Å². The molecule has 0 aliphatic rings. The van der Waals surface area contributed by atoms with E-state index in [0.717, 1.165) is 5.52 Å². The van der Waals surface area contributed by atoms with Crippen molar-refractivity contribution in [3.8, 4) is 0 Å². The first-order valence-corrected chi connectivity index (χ1v) is 3.24. The van der Waals surface area contributed by atoms with Gasteiger partial charge in [-0.2, -0.15) is 0 Å². The number of hydrogen-bond donors (Lipinski definition) is 1. The van der Waals surface area contributed by atoms with Crippen LogP contribution in [-0.4, -0.2) is 9.97 Å². The van der Waals surface area contributed by atoms with Gasteiger partial charge in [-0.3, -0.25) is 9.97 Å². The fourth-order valence-electron chi connectivity index (χ4n) is 0.936. The molecule has 2 N–H and O–H groups in total. The second-order valence-electron chi connectivity index (χ2n) is 2.25. The summed E-state index contributed by atoms with van der Waals surface area (Å²) in [6, 6.07) is 5.26. The Kier molecular flexibility index (Phi) is 1.01. The first-order chi connectivity index (χ1) is 5.75. The monoisotopic (exact) mass is 146 g/mol. The Bertz CT molecular complexity index is 391. The summed E-state index contributed by atoms with van der Waals surface area (Å²) in [7, 11) is 0. The lowest BCUT2D eigenvalue weighted by atomic mass is 10.3. The van der Waals surface area contributed by atoms with Gasteiger partial charge in [0.15, 0.2) is 0 Å². The van der Waals surface area contributed by atoms with Crippen LogP contribution in [0.25, 0.3) is 11.0 Å². The van der Waals surface area contributed by atoms with Crippen molar-refractivity contribution in [3.63, 3.8) is 0 Å². The van der Waals surface area contributed by atoms with Crippen LogP contribution in [0.4, 0.5) is 5.69 Å². The first kappa shape index (κ1) is 5.07. The first-order valence-electron chi connectivity index (χ1n) is 3.74. The van der Waals surface area contributed by atoms with E-state index in [9.17, 15) is 0 Å². The molecule has 0 atom stereocenters. The maximum atomic E-state index is 7.23. The van der Waals surface area contributed by atoms with E-state index >= 15 is 0 Å². The van der Waals surface area contributed by atoms with E-state index in [2.05, 4.69) is 9.97 Å². The van der Waals surface area contributed by atoms with Gasteiger partial charge >= 0.3 is 0 Å². The molecule has 54 valence electrons. The van der Waals surface area contributed by atoms with Gasteiger partial charge in [0, 0.05) is 18.1 Å². The molecule has 1 heterocycles. The normalized spacial score (nSPS) is 11.5. The number of anilines is 1. The Morgan fingerprint density at radius 3 is 3.09 bits per heavy atom. The van der Waals surface area contributed by atoms with Gasteiger partial charge in [-0.15, -0.1) is 0 Å². The van der Waals surface area contributed by atoms with Crippen LogP contribution >= 0.6 is 0 Å². The van der Waals surface area contributed by atoms with Gasteiger partial charge in [0.25, 0.3) is 0 Å². The van der Waals surface area contributed by atoms with E-state index in [1.807, 2.05) is 0 Å². The van der Waals surface area contributed by atoms with Gasteiger partial charge in [-0.05, 0) is 18.2 Å². The Labute approximate surface area is 65.3 Å². The van der Waals surface area contributed by atoms with Gasteiger partial charge in [0.05, 0.1) is 12.4 Å². The summed E-state index contributed by atoms with van der Waals surface area (Å²) in [6.07, 6.45) is 1.58. The van der Waals surface area contributed by atoms with Crippen molar-refractivity contribution in [2.24, 2.45) is 0 Å². The van der Waals surface area contributed by atoms with Gasteiger partial charge in [-0.1, -0.05) is 0 Å². The second kappa shape index (κ2) is 2.20. The average molecular weight is 146 g/mol. The molecule has 3 heteroatoms. The highest BCUT2D eigenvalue weighted by molar-refractivity contribution is 5.77. The van der Waals surface area contributed by atoms with Crippen LogP contribution in [0, 0.1) is 0 Å². The van der Waals surface area contributed by atoms with Crippen molar-refractivity contribution < 1.29 is 1.37 Å². The standard InChI is InChI=1S/C8H7N3/c9-6-1-2-7-8(5-6)11-4-3-10-7/h1-5H,9H2/i4D. The van der Waals surface area contributed by atoms with Gasteiger partial charge in [0.1, 0.15) is 0 Å². The molecule has 0 aliphatic carbocycles. The molecule has 0 bridgehead atoms. The average Bonchev–Trinajstić information content (AvgIpc) is 2.03. The zero-order valence-corrected chi connectivity index (χ0v) is 5.78. The molecular formula is C8H7N3. The molecule has 3 nitrogen and oxygen atoms in total. The Hall–Kier alpha value is -1.64. The van der Waals surface area contributed by atoms with Gasteiger partial charge in [0.2, 0.25) is 0 Å². The van der Waals surface area contributed by atoms with E-state index in [1.54, 1.807) is 18.2 Å². The minimum atomic E-state index is 0.160. The van der Waals surface area contributed by atoms with E-state index in [4.69, 9.17) is 7.10 Å². The van der Waals surface area contributed by atoms with Gasteiger partial charge in [-0.25, -0.2) is 0 Å². The molecule has 0 fully saturated rings. The van der Waals surface area contributed by atoms with Crippen LogP contribution < -0.4 is 5.73 Å². The number of nitrogens with zero attached hydrogens (tertiary/aromatic N) is 2. The molecule has 0 amide bonds. The van der Waals surface area contributed by atoms with Crippen LogP contribution in [-0.2, 0) is 0 Å². The van der Waals surface area contributed by atoms with Crippen LogP contribution in [0.2, 0.25) is 0 Å². The fraction of sp³-hybridized carbons (Fsp3) is 0. The van der Waals surface area contributed by atoms with Crippen LogP contribution in [0.1, 0.15) is 1.37 Å². The third-order valence-electron chi connectivity index (χ3n) is 1.45. The van der Waals surface area contributed by atoms with Crippen LogP contribution in [0.15, 0.2) is 30.6 Å². The van der Waals surface area contributed by atoms with Crippen molar-refractivity contribution in [3.05, 3.63) is 30.6 Å². The molecule has 0 spiro atoms. The molecule has 0 aliphatic heterocycles. The van der Waals surface area contributed by atoms with E-state index in [-0.39, 0.29) is 6.17 Å². The van der Waals surface area contributed by atoms with E-state index < -0.39 is 0 Å². The number of nitrogens with two attached hydrogens (primary N) is 1. The smallest absolute Gasteiger partial charge is 0.0907 e. The lowest BCUT2D eigenvalue weighted by Crippen LogP contribution is -1.86. The maximum Gasteiger partial charge on any atom is 0.0907 e. The zero-order chi connectivity index (χ0) is 8.55. The highest BCUT2D eigenvalue weighted by Crippen LogP contribution is 2.11. The highest BCUT2D eigenvalue weighted by atomic mass is 14.8. The summed E-state index contributed by atoms with van der Waals surface area (Å²) in [5.41, 5.74) is 7.62. The molecule has 0 saturated heterocycles. The summed E-state index contributed by atoms with van der Waals surface area (Å²) in [4.78, 5) is 7.98. The lowest BCUT2D eigenvalue weighted by Gasteiger charge is -1.95. The van der Waals surface area contributed by atoms with Crippen LogP contribution in [0.3, 0.4) is 0 Å². The Balaban J connectivity index is 2.80. The van der Waals surface area contributed by atoms with Crippen molar-refractivity contribution in [1.29, 1.82) is 0 Å². The molecule has 0 radical (unpaired) electrons. The molecule has 0 saturated carbocycles. The molecule has 1 aromatic heterocycles. The summed E-state index contributed by atoms with van der Waals surface area (Å²) < 4.78 is 7.23. The number of rotatable bonds is 0. The highest BCUT2D eigenvalue weighted by Gasteiger charge is 1.92. The SMILES string of the molecule is [2H]c1cnc2ccc(N)cc2n1. The summed E-state index contributed by atoms with van der Waals surface area (Å²) in [6.45, 7) is 0. The fourth-order valence-corrected chi connectivity index (χ4v) is 0.936. The number of nitrogen functional groups attached to an aromatic ring is 1. The van der Waals surface area contributed by atoms with Crippen LogP contribution in [0.5, 0.6) is 0 Å². The molecule has 11 heavy (non-hydrogen) atoms. The summed E-state index contributed by atoms with van der Waals surface area (Å²) in [5.74, 6) is 0. The number of fused-ring (bicyclic) bond motifs is 1. The predicted molar refractivity (Wildman–Crippen MR) is 44.0 cm³/mol. The van der Waals surface area contributed by atoms with Crippen molar-refractivity contribution in [1.82, 2.24) is 9.97 Å². The van der Waals surface area contributed by atoms with Crippen molar-refractivity contribution >= 4 is 16.7 Å². The molecule has 0 unspecified atom stereocenters. The van der Waals surface area contributed by atoms with Crippen molar-refractivity contribution in [2.75, 3.05) is 5.73 Å². The maximum absolute atomic E-state index is 7.23. The minimum Gasteiger partial charge on any atom is -0.399 e. The second-order valence-corrected chi connectivity index (χ2v) is 2.25. The third kappa shape index (κ3) is 1.00. The topological polar surface area (TPSA) is 51.8 Å². The van der Waals surface area contributed by atoms with E-state index in [0.29, 0.717) is 11.2 Å². The Morgan fingerprint density at radius 2 is 2.18 bits per heavy atom. The minimum absolute atomic E-state index is 0.160. The molecule has 2 rings (SSSR count). The Morgan fingerprint density at radius 1 is 1.27 bits per heavy atom. The quantitative estimate of drug-likeness (QED) is 0.568. The summed E-state index contributed by atoms with van der Waals surface area (Å²) >= 11 is 0. The predicted octanol–water partition coefficient (Wildman–Crippen LogP) is 1.21. The molecule has 1 aromatic carbocycles. The number of hydrogen-bond acceptors (Lipinski definition) is 3. The molecule has 2 aromatic rings. The van der Waals surface area contributed by atoms with E-state index in [1.165, 1.54) is 6.20 Å². The molecular weight excluding hydrogens is 138 g/mol. The lowest BCUT2D eigenvalue weighted by molar-refractivity contribution is 1.29. The van der Waals surface area contributed by atoms with Crippen molar-refractivity contribution in [2.45, 2.75) is 0 Å². The number of aromatic nitrogens is 2. The third-order valence-corrected chi connectivity index (χ3v) is 1.45. The zero-order valence-electron chi connectivity index (χ0n) is 6.78. The largest absolute Gasteiger partial charge is 0.399 e.